The Morgan fingerprint density at radius 2 is 1.78 bits per heavy atom. The third-order valence-corrected chi connectivity index (χ3v) is 2.76. The molecule has 1 N–H and O–H groups in total. The van der Waals surface area contributed by atoms with Gasteiger partial charge in [-0.05, 0) is 30.2 Å². The van der Waals surface area contributed by atoms with Crippen molar-refractivity contribution in [3.8, 4) is 0 Å². The summed E-state index contributed by atoms with van der Waals surface area (Å²) in [5.41, 5.74) is 1.02. The first-order valence-corrected chi connectivity index (χ1v) is 5.22. The van der Waals surface area contributed by atoms with Crippen molar-refractivity contribution in [2.45, 2.75) is 13.0 Å². The molecule has 0 aliphatic carbocycles. The molecule has 0 amide bonds. The number of aryl methyl sites for hydroxylation is 2. The summed E-state index contributed by atoms with van der Waals surface area (Å²) in [6.45, 7) is 1.71. The molecule has 0 spiro atoms. The minimum Gasteiger partial charge on any atom is -0.382 e. The molecule has 3 nitrogen and oxygen atoms in total. The van der Waals surface area contributed by atoms with E-state index in [2.05, 4.69) is 5.10 Å². The topological polar surface area (TPSA) is 38.0 Å². The summed E-state index contributed by atoms with van der Waals surface area (Å²) in [5.74, 6) is -4.21. The predicted octanol–water partition coefficient (Wildman–Crippen LogP) is 2.23. The number of aliphatic hydroxyl groups is 1. The van der Waals surface area contributed by atoms with Crippen LogP contribution in [0.5, 0.6) is 0 Å². The first-order chi connectivity index (χ1) is 8.41. The van der Waals surface area contributed by atoms with Gasteiger partial charge in [0.2, 0.25) is 0 Å². The third kappa shape index (κ3) is 1.99. The molecule has 0 radical (unpaired) electrons. The Balaban J connectivity index is 2.50. The lowest BCUT2D eigenvalue weighted by Crippen LogP contribution is -2.09. The highest BCUT2D eigenvalue weighted by molar-refractivity contribution is 5.31. The first kappa shape index (κ1) is 12.6. The molecule has 18 heavy (non-hydrogen) atoms. The summed E-state index contributed by atoms with van der Waals surface area (Å²) in [7, 11) is 1.60. The lowest BCUT2D eigenvalue weighted by Gasteiger charge is -2.13. The predicted molar refractivity (Wildman–Crippen MR) is 58.3 cm³/mol. The maximum atomic E-state index is 13.1. The number of aliphatic hydroxyl groups excluding tert-OH is 1. The van der Waals surface area contributed by atoms with Crippen LogP contribution < -0.4 is 0 Å². The van der Waals surface area contributed by atoms with E-state index in [0.717, 1.165) is 12.1 Å². The van der Waals surface area contributed by atoms with Gasteiger partial charge in [-0.15, -0.1) is 0 Å². The van der Waals surface area contributed by atoms with Gasteiger partial charge in [0, 0.05) is 7.05 Å². The van der Waals surface area contributed by atoms with E-state index in [1.807, 2.05) is 0 Å². The molecule has 1 unspecified atom stereocenters. The van der Waals surface area contributed by atoms with Crippen LogP contribution in [0.1, 0.15) is 22.9 Å². The van der Waals surface area contributed by atoms with Crippen LogP contribution in [-0.4, -0.2) is 14.9 Å². The van der Waals surface area contributed by atoms with E-state index in [4.69, 9.17) is 0 Å². The summed E-state index contributed by atoms with van der Waals surface area (Å²) < 4.78 is 40.4. The second-order valence-electron chi connectivity index (χ2n) is 4.04. The van der Waals surface area contributed by atoms with Gasteiger partial charge in [-0.1, -0.05) is 0 Å². The molecular formula is C12H11F3N2O. The number of rotatable bonds is 2. The van der Waals surface area contributed by atoms with Crippen LogP contribution in [0.4, 0.5) is 13.2 Å². The Labute approximate surface area is 101 Å². The van der Waals surface area contributed by atoms with Gasteiger partial charge in [-0.25, -0.2) is 13.2 Å². The average molecular weight is 256 g/mol. The molecule has 2 aromatic rings. The van der Waals surface area contributed by atoms with Gasteiger partial charge in [0.25, 0.3) is 0 Å². The average Bonchev–Trinajstić information content (AvgIpc) is 2.64. The van der Waals surface area contributed by atoms with Crippen molar-refractivity contribution in [1.29, 1.82) is 0 Å². The van der Waals surface area contributed by atoms with Crippen LogP contribution in [0.25, 0.3) is 0 Å². The lowest BCUT2D eigenvalue weighted by molar-refractivity contribution is 0.207. The van der Waals surface area contributed by atoms with E-state index in [1.165, 1.54) is 10.9 Å². The van der Waals surface area contributed by atoms with Crippen molar-refractivity contribution in [3.63, 3.8) is 0 Å². The lowest BCUT2D eigenvalue weighted by atomic mass is 10.0. The second kappa shape index (κ2) is 4.45. The Morgan fingerprint density at radius 3 is 2.22 bits per heavy atom. The Kier molecular flexibility index (Phi) is 3.13. The highest BCUT2D eigenvalue weighted by atomic mass is 19.2. The zero-order valence-corrected chi connectivity index (χ0v) is 9.78. The summed E-state index contributed by atoms with van der Waals surface area (Å²) in [6, 6.07) is 1.55. The van der Waals surface area contributed by atoms with E-state index in [-0.39, 0.29) is 5.56 Å². The van der Waals surface area contributed by atoms with E-state index >= 15 is 0 Å². The minimum absolute atomic E-state index is 0.0573. The van der Waals surface area contributed by atoms with Crippen LogP contribution in [0.15, 0.2) is 18.3 Å². The van der Waals surface area contributed by atoms with E-state index in [0.29, 0.717) is 11.3 Å². The quantitative estimate of drug-likeness (QED) is 0.837. The summed E-state index contributed by atoms with van der Waals surface area (Å²) in [4.78, 5) is 0. The molecule has 0 aliphatic heterocycles. The Bertz CT molecular complexity index is 552. The van der Waals surface area contributed by atoms with Crippen molar-refractivity contribution in [3.05, 3.63) is 52.6 Å². The molecule has 0 aliphatic rings. The van der Waals surface area contributed by atoms with Crippen LogP contribution in [-0.2, 0) is 7.05 Å². The van der Waals surface area contributed by atoms with Gasteiger partial charge in [0.1, 0.15) is 6.10 Å². The molecule has 0 saturated heterocycles. The zero-order valence-electron chi connectivity index (χ0n) is 9.78. The monoisotopic (exact) mass is 256 g/mol. The van der Waals surface area contributed by atoms with Crippen LogP contribution >= 0.6 is 0 Å². The van der Waals surface area contributed by atoms with E-state index < -0.39 is 23.6 Å². The maximum Gasteiger partial charge on any atom is 0.194 e. The van der Waals surface area contributed by atoms with Gasteiger partial charge in [-0.2, -0.15) is 5.10 Å². The number of hydrogen-bond acceptors (Lipinski definition) is 2. The molecule has 1 atom stereocenters. The van der Waals surface area contributed by atoms with Gasteiger partial charge < -0.3 is 5.11 Å². The molecule has 0 bridgehead atoms. The normalized spacial score (nSPS) is 12.8. The Hall–Kier alpha value is -1.82. The van der Waals surface area contributed by atoms with Gasteiger partial charge >= 0.3 is 0 Å². The zero-order chi connectivity index (χ0) is 13.4. The summed E-state index contributed by atoms with van der Waals surface area (Å²) >= 11 is 0. The number of benzene rings is 1. The molecule has 1 aromatic carbocycles. The molecule has 2 rings (SSSR count). The molecule has 0 saturated carbocycles. The van der Waals surface area contributed by atoms with E-state index in [9.17, 15) is 18.3 Å². The molecular weight excluding hydrogens is 245 g/mol. The Morgan fingerprint density at radius 1 is 1.22 bits per heavy atom. The van der Waals surface area contributed by atoms with Crippen molar-refractivity contribution < 1.29 is 18.3 Å². The highest BCUT2D eigenvalue weighted by Gasteiger charge is 2.20. The fraction of sp³-hybridized carbons (Fsp3) is 0.250. The molecule has 96 valence electrons. The van der Waals surface area contributed by atoms with Crippen molar-refractivity contribution >= 4 is 0 Å². The highest BCUT2D eigenvalue weighted by Crippen LogP contribution is 2.26. The first-order valence-electron chi connectivity index (χ1n) is 5.22. The third-order valence-electron chi connectivity index (χ3n) is 2.76. The maximum absolute atomic E-state index is 13.1. The standard InChI is InChI=1S/C12H11F3N2O/c1-6-5-16-17(2)11(6)12(18)7-3-8(13)10(15)9(14)4-7/h3-5,12,18H,1-2H3. The molecule has 1 aromatic heterocycles. The minimum atomic E-state index is -1.55. The number of aromatic nitrogens is 2. The van der Waals surface area contributed by atoms with Gasteiger partial charge in [0.15, 0.2) is 17.5 Å². The molecule has 0 fully saturated rings. The van der Waals surface area contributed by atoms with Gasteiger partial charge in [0.05, 0.1) is 11.9 Å². The van der Waals surface area contributed by atoms with Crippen LogP contribution in [0, 0.1) is 24.4 Å². The fourth-order valence-electron chi connectivity index (χ4n) is 1.84. The fourth-order valence-corrected chi connectivity index (χ4v) is 1.84. The number of hydrogen-bond donors (Lipinski definition) is 1. The number of halogens is 3. The van der Waals surface area contributed by atoms with Crippen molar-refractivity contribution in [2.24, 2.45) is 7.05 Å². The van der Waals surface area contributed by atoms with Crippen molar-refractivity contribution in [1.82, 2.24) is 9.78 Å². The van der Waals surface area contributed by atoms with Crippen LogP contribution in [0.2, 0.25) is 0 Å². The van der Waals surface area contributed by atoms with Crippen LogP contribution in [0.3, 0.4) is 0 Å². The smallest absolute Gasteiger partial charge is 0.194 e. The van der Waals surface area contributed by atoms with Gasteiger partial charge in [-0.3, -0.25) is 4.68 Å². The molecule has 6 heteroatoms. The summed E-state index contributed by atoms with van der Waals surface area (Å²) in [5, 5.41) is 14.0. The van der Waals surface area contributed by atoms with E-state index in [1.54, 1.807) is 14.0 Å². The largest absolute Gasteiger partial charge is 0.382 e. The second-order valence-corrected chi connectivity index (χ2v) is 4.04. The number of nitrogens with zero attached hydrogens (tertiary/aromatic N) is 2. The molecule has 1 heterocycles. The SMILES string of the molecule is Cc1cnn(C)c1C(O)c1cc(F)c(F)c(F)c1. The van der Waals surface area contributed by atoms with Crippen molar-refractivity contribution in [2.75, 3.05) is 0 Å². The summed E-state index contributed by atoms with van der Waals surface area (Å²) in [6.07, 6.45) is 0.261.